The molecule has 2 aromatic rings. The maximum atomic E-state index is 12.7. The van der Waals surface area contributed by atoms with E-state index in [0.717, 1.165) is 11.3 Å². The zero-order valence-electron chi connectivity index (χ0n) is 12.6. The maximum absolute atomic E-state index is 12.7. The van der Waals surface area contributed by atoms with Crippen molar-refractivity contribution in [3.8, 4) is 5.75 Å². The molecule has 0 fully saturated rings. The van der Waals surface area contributed by atoms with Gasteiger partial charge in [0, 0.05) is 29.5 Å². The maximum Gasteiger partial charge on any atom is 0.258 e. The van der Waals surface area contributed by atoms with Crippen LogP contribution in [0.1, 0.15) is 22.8 Å². The average molecular weight is 284 g/mol. The van der Waals surface area contributed by atoms with E-state index >= 15 is 0 Å². The van der Waals surface area contributed by atoms with Crippen LogP contribution in [0.15, 0.2) is 42.5 Å². The van der Waals surface area contributed by atoms with Gasteiger partial charge in [-0.1, -0.05) is 17.7 Å². The summed E-state index contributed by atoms with van der Waals surface area (Å²) < 4.78 is 5.17. The van der Waals surface area contributed by atoms with Crippen LogP contribution in [0.5, 0.6) is 5.75 Å². The Hall–Kier alpha value is -2.49. The van der Waals surface area contributed by atoms with Gasteiger partial charge in [-0.25, -0.2) is 0 Å². The van der Waals surface area contributed by atoms with Crippen molar-refractivity contribution in [3.63, 3.8) is 0 Å². The van der Waals surface area contributed by atoms with Gasteiger partial charge in [0.2, 0.25) is 0 Å². The summed E-state index contributed by atoms with van der Waals surface area (Å²) in [5.74, 6) is 0.491. The fraction of sp³-hybridized carbons (Fsp3) is 0.235. The van der Waals surface area contributed by atoms with Crippen molar-refractivity contribution >= 4 is 17.3 Å². The molecule has 2 aromatic carbocycles. The molecule has 0 aliphatic rings. The van der Waals surface area contributed by atoms with Crippen LogP contribution in [0.25, 0.3) is 0 Å². The van der Waals surface area contributed by atoms with Crippen molar-refractivity contribution < 1.29 is 9.53 Å². The van der Waals surface area contributed by atoms with Gasteiger partial charge in [0.15, 0.2) is 0 Å². The third-order valence-electron chi connectivity index (χ3n) is 3.32. The highest BCUT2D eigenvalue weighted by atomic mass is 16.5. The van der Waals surface area contributed by atoms with Crippen molar-refractivity contribution in [1.82, 2.24) is 0 Å². The molecule has 0 radical (unpaired) electrons. The molecule has 4 nitrogen and oxygen atoms in total. The minimum Gasteiger partial charge on any atom is -0.497 e. The Morgan fingerprint density at radius 3 is 2.43 bits per heavy atom. The predicted octanol–water partition coefficient (Wildman–Crippen LogP) is 3.25. The Balaban J connectivity index is 2.36. The van der Waals surface area contributed by atoms with Crippen LogP contribution in [-0.4, -0.2) is 19.6 Å². The van der Waals surface area contributed by atoms with Gasteiger partial charge in [-0.2, -0.15) is 0 Å². The Bertz CT molecular complexity index is 636. The molecule has 0 bridgehead atoms. The number of nitrogen functional groups attached to an aromatic ring is 1. The summed E-state index contributed by atoms with van der Waals surface area (Å²) in [5.41, 5.74) is 8.89. The number of carbonyl (C=O) groups is 1. The lowest BCUT2D eigenvalue weighted by molar-refractivity contribution is 0.0988. The van der Waals surface area contributed by atoms with Gasteiger partial charge in [0.25, 0.3) is 5.91 Å². The number of nitrogens with zero attached hydrogens (tertiary/aromatic N) is 1. The zero-order valence-corrected chi connectivity index (χ0v) is 12.6. The van der Waals surface area contributed by atoms with Crippen LogP contribution in [0.3, 0.4) is 0 Å². The quantitative estimate of drug-likeness (QED) is 0.877. The van der Waals surface area contributed by atoms with E-state index in [9.17, 15) is 4.79 Å². The molecule has 4 heteroatoms. The number of methoxy groups -OCH3 is 1. The molecule has 0 atom stereocenters. The molecule has 0 unspecified atom stereocenters. The molecule has 2 rings (SSSR count). The molecule has 110 valence electrons. The molecule has 1 amide bonds. The molecular weight excluding hydrogens is 264 g/mol. The highest BCUT2D eigenvalue weighted by Crippen LogP contribution is 2.22. The number of anilines is 2. The number of aryl methyl sites for hydroxylation is 1. The molecule has 0 spiro atoms. The van der Waals surface area contributed by atoms with Crippen LogP contribution in [0.2, 0.25) is 0 Å². The van der Waals surface area contributed by atoms with E-state index in [-0.39, 0.29) is 5.91 Å². The van der Waals surface area contributed by atoms with E-state index in [1.165, 1.54) is 0 Å². The van der Waals surface area contributed by atoms with Crippen molar-refractivity contribution in [2.24, 2.45) is 0 Å². The summed E-state index contributed by atoms with van der Waals surface area (Å²) in [6, 6.07) is 12.9. The first-order chi connectivity index (χ1) is 10.0. The van der Waals surface area contributed by atoms with E-state index in [4.69, 9.17) is 10.5 Å². The number of nitrogens with two attached hydrogens (primary N) is 1. The predicted molar refractivity (Wildman–Crippen MR) is 85.9 cm³/mol. The third kappa shape index (κ3) is 3.34. The lowest BCUT2D eigenvalue weighted by Gasteiger charge is -2.21. The van der Waals surface area contributed by atoms with E-state index < -0.39 is 0 Å². The number of amides is 1. The van der Waals surface area contributed by atoms with Crippen LogP contribution in [-0.2, 0) is 0 Å². The molecule has 0 aliphatic carbocycles. The number of hydrogen-bond donors (Lipinski definition) is 1. The summed E-state index contributed by atoms with van der Waals surface area (Å²) in [5, 5.41) is 0. The van der Waals surface area contributed by atoms with Crippen molar-refractivity contribution in [1.29, 1.82) is 0 Å². The molecule has 21 heavy (non-hydrogen) atoms. The summed E-state index contributed by atoms with van der Waals surface area (Å²) in [7, 11) is 1.56. The van der Waals surface area contributed by atoms with E-state index in [1.54, 1.807) is 30.2 Å². The minimum absolute atomic E-state index is 0.0908. The standard InChI is InChI=1S/C17H20N2O2/c1-4-19(15-7-5-12(2)6-8-15)17(20)13-9-14(18)11-16(10-13)21-3/h5-11H,4,18H2,1-3H3. The normalized spacial score (nSPS) is 10.2. The smallest absolute Gasteiger partial charge is 0.258 e. The second kappa shape index (κ2) is 6.31. The molecule has 0 saturated carbocycles. The molecular formula is C17H20N2O2. The van der Waals surface area contributed by atoms with E-state index in [0.29, 0.717) is 23.5 Å². The largest absolute Gasteiger partial charge is 0.497 e. The van der Waals surface area contributed by atoms with Crippen LogP contribution >= 0.6 is 0 Å². The number of benzene rings is 2. The second-order valence-corrected chi connectivity index (χ2v) is 4.88. The minimum atomic E-state index is -0.0908. The Labute approximate surface area is 125 Å². The number of carbonyl (C=O) groups excluding carboxylic acids is 1. The lowest BCUT2D eigenvalue weighted by Crippen LogP contribution is -2.30. The first kappa shape index (κ1) is 14.9. The molecule has 0 aromatic heterocycles. The summed E-state index contributed by atoms with van der Waals surface area (Å²) in [6.45, 7) is 4.55. The lowest BCUT2D eigenvalue weighted by atomic mass is 10.1. The number of ether oxygens (including phenoxy) is 1. The van der Waals surface area contributed by atoms with Gasteiger partial charge in [-0.3, -0.25) is 4.79 Å². The van der Waals surface area contributed by atoms with Gasteiger partial charge < -0.3 is 15.4 Å². The fourth-order valence-electron chi connectivity index (χ4n) is 2.19. The summed E-state index contributed by atoms with van der Waals surface area (Å²) >= 11 is 0. The Kier molecular flexibility index (Phi) is 4.48. The molecule has 2 N–H and O–H groups in total. The van der Waals surface area contributed by atoms with E-state index in [2.05, 4.69) is 0 Å². The monoisotopic (exact) mass is 284 g/mol. The number of rotatable bonds is 4. The first-order valence-corrected chi connectivity index (χ1v) is 6.88. The van der Waals surface area contributed by atoms with Gasteiger partial charge >= 0.3 is 0 Å². The van der Waals surface area contributed by atoms with Gasteiger partial charge in [0.05, 0.1) is 7.11 Å². The van der Waals surface area contributed by atoms with Crippen LogP contribution in [0.4, 0.5) is 11.4 Å². The van der Waals surface area contributed by atoms with Gasteiger partial charge in [0.1, 0.15) is 5.75 Å². The first-order valence-electron chi connectivity index (χ1n) is 6.88. The summed E-state index contributed by atoms with van der Waals surface area (Å²) in [6.07, 6.45) is 0. The topological polar surface area (TPSA) is 55.6 Å². The highest BCUT2D eigenvalue weighted by Gasteiger charge is 2.17. The van der Waals surface area contributed by atoms with Crippen molar-refractivity contribution in [2.75, 3.05) is 24.3 Å². The second-order valence-electron chi connectivity index (χ2n) is 4.88. The van der Waals surface area contributed by atoms with Crippen molar-refractivity contribution in [2.45, 2.75) is 13.8 Å². The van der Waals surface area contributed by atoms with E-state index in [1.807, 2.05) is 38.1 Å². The van der Waals surface area contributed by atoms with Crippen LogP contribution < -0.4 is 15.4 Å². The fourth-order valence-corrected chi connectivity index (χ4v) is 2.19. The Morgan fingerprint density at radius 1 is 1.19 bits per heavy atom. The SMILES string of the molecule is CCN(C(=O)c1cc(N)cc(OC)c1)c1ccc(C)cc1. The van der Waals surface area contributed by atoms with Crippen molar-refractivity contribution in [3.05, 3.63) is 53.6 Å². The molecule has 0 saturated heterocycles. The average Bonchev–Trinajstić information content (AvgIpc) is 2.49. The molecule has 0 heterocycles. The summed E-state index contributed by atoms with van der Waals surface area (Å²) in [4.78, 5) is 14.4. The van der Waals surface area contributed by atoms with Gasteiger partial charge in [-0.15, -0.1) is 0 Å². The highest BCUT2D eigenvalue weighted by molar-refractivity contribution is 6.06. The Morgan fingerprint density at radius 2 is 1.86 bits per heavy atom. The van der Waals surface area contributed by atoms with Crippen LogP contribution in [0, 0.1) is 6.92 Å². The molecule has 0 aliphatic heterocycles. The third-order valence-corrected chi connectivity index (χ3v) is 3.32. The van der Waals surface area contributed by atoms with Gasteiger partial charge in [-0.05, 0) is 38.1 Å². The number of hydrogen-bond acceptors (Lipinski definition) is 3. The zero-order chi connectivity index (χ0) is 15.4.